The van der Waals surface area contributed by atoms with Crippen LogP contribution in [0.15, 0.2) is 97.1 Å². The number of hydrogen-bond donors (Lipinski definition) is 0. The van der Waals surface area contributed by atoms with Gasteiger partial charge in [0.1, 0.15) is 11.5 Å². The summed E-state index contributed by atoms with van der Waals surface area (Å²) in [4.78, 5) is 13.2. The Labute approximate surface area is 182 Å². The molecule has 156 valence electrons. The van der Waals surface area contributed by atoms with Crippen molar-refractivity contribution in [3.05, 3.63) is 97.1 Å². The lowest BCUT2D eigenvalue weighted by Gasteiger charge is -2.25. The molecule has 0 atom stereocenters. The van der Waals surface area contributed by atoms with Gasteiger partial charge in [0.15, 0.2) is 0 Å². The molecule has 0 saturated heterocycles. The highest BCUT2D eigenvalue weighted by molar-refractivity contribution is 7.72. The molecule has 0 radical (unpaired) electrons. The summed E-state index contributed by atoms with van der Waals surface area (Å²) in [5.41, 5.74) is 3.62. The summed E-state index contributed by atoms with van der Waals surface area (Å²) in [6.45, 7) is 0. The lowest BCUT2D eigenvalue weighted by atomic mass is 10.0. The lowest BCUT2D eigenvalue weighted by molar-refractivity contribution is -0.167. The lowest BCUT2D eigenvalue weighted by Crippen LogP contribution is -2.24. The molecule has 0 fully saturated rings. The molecule has 0 aromatic heterocycles. The molecule has 31 heavy (non-hydrogen) atoms. The Kier molecular flexibility index (Phi) is 5.94. The second-order valence-electron chi connectivity index (χ2n) is 7.05. The summed E-state index contributed by atoms with van der Waals surface area (Å²) in [5, 5.41) is 0.548. The Morgan fingerprint density at radius 1 is 0.581 bits per heavy atom. The van der Waals surface area contributed by atoms with E-state index in [4.69, 9.17) is 9.47 Å². The molecule has 0 heterocycles. The van der Waals surface area contributed by atoms with Crippen molar-refractivity contribution in [2.75, 3.05) is 14.2 Å². The normalized spacial score (nSPS) is 11.2. The Hall–Kier alpha value is -3.33. The summed E-state index contributed by atoms with van der Waals surface area (Å²) in [6, 6.07) is 29.1. The summed E-state index contributed by atoms with van der Waals surface area (Å²) in [7, 11) is -0.733. The fraction of sp³-hybridized carbons (Fsp3) is 0.0769. The number of hydrogen-bond acceptors (Lipinski definition) is 4. The van der Waals surface area contributed by atoms with Crippen molar-refractivity contribution in [3.8, 4) is 33.8 Å². The van der Waals surface area contributed by atoms with Gasteiger partial charge in [0, 0.05) is 21.7 Å². The quantitative estimate of drug-likeness (QED) is 0.420. The van der Waals surface area contributed by atoms with E-state index in [1.54, 1.807) is 62.8 Å². The highest BCUT2D eigenvalue weighted by atomic mass is 31.2. The molecule has 0 amide bonds. The predicted octanol–water partition coefficient (Wildman–Crippen LogP) is 4.63. The Balaban J connectivity index is 1.63. The molecule has 4 aromatic carbocycles. The van der Waals surface area contributed by atoms with Gasteiger partial charge in [-0.3, -0.25) is 0 Å². The molecule has 4 rings (SSSR count). The molecular weight excluding hydrogens is 407 g/mol. The minimum Gasteiger partial charge on any atom is -0.793 e. The van der Waals surface area contributed by atoms with Gasteiger partial charge in [-0.15, -0.1) is 0 Å². The Morgan fingerprint density at radius 3 is 1.29 bits per heavy atom. The largest absolute Gasteiger partial charge is 0.793 e. The van der Waals surface area contributed by atoms with Crippen LogP contribution in [0.4, 0.5) is 0 Å². The molecule has 0 aliphatic heterocycles. The first-order valence-corrected chi connectivity index (χ1v) is 11.5. The molecule has 0 N–H and O–H groups in total. The van der Waals surface area contributed by atoms with Crippen LogP contribution in [-0.2, 0) is 4.57 Å². The number of rotatable bonds is 6. The molecule has 0 spiro atoms. The van der Waals surface area contributed by atoms with Gasteiger partial charge in [-0.1, -0.05) is 84.9 Å². The third-order valence-electron chi connectivity index (χ3n) is 5.25. The van der Waals surface area contributed by atoms with E-state index in [1.807, 2.05) is 48.5 Å². The summed E-state index contributed by atoms with van der Waals surface area (Å²) in [6.07, 6.45) is 0. The molecule has 0 unspecified atom stereocenters. The second kappa shape index (κ2) is 8.81. The van der Waals surface area contributed by atoms with E-state index in [9.17, 15) is 9.46 Å². The molecule has 4 nitrogen and oxygen atoms in total. The highest BCUT2D eigenvalue weighted by Gasteiger charge is 2.16. The molecule has 4 aromatic rings. The van der Waals surface area contributed by atoms with Crippen molar-refractivity contribution in [1.29, 1.82) is 0 Å². The molecule has 0 bridgehead atoms. The summed E-state index contributed by atoms with van der Waals surface area (Å²) < 4.78 is 24.0. The van der Waals surface area contributed by atoms with Gasteiger partial charge < -0.3 is 18.9 Å². The van der Waals surface area contributed by atoms with Crippen LogP contribution in [0.3, 0.4) is 0 Å². The minimum absolute atomic E-state index is 0.274. The number of benzene rings is 4. The van der Waals surface area contributed by atoms with Gasteiger partial charge in [-0.2, -0.15) is 0 Å². The first-order valence-electron chi connectivity index (χ1n) is 9.83. The van der Waals surface area contributed by atoms with Crippen LogP contribution in [0.5, 0.6) is 11.5 Å². The van der Waals surface area contributed by atoms with Crippen molar-refractivity contribution in [2.24, 2.45) is 0 Å². The van der Waals surface area contributed by atoms with E-state index in [-0.39, 0.29) is 10.6 Å². The van der Waals surface area contributed by atoms with Crippen LogP contribution in [0.1, 0.15) is 0 Å². The average molecular weight is 429 g/mol. The first kappa shape index (κ1) is 20.9. The zero-order valence-electron chi connectivity index (χ0n) is 17.3. The van der Waals surface area contributed by atoms with Crippen LogP contribution in [-0.4, -0.2) is 14.2 Å². The third kappa shape index (κ3) is 4.13. The number of para-hydroxylation sites is 2. The zero-order valence-corrected chi connectivity index (χ0v) is 18.2. The van der Waals surface area contributed by atoms with Gasteiger partial charge in [-0.05, 0) is 23.3 Å². The smallest absolute Gasteiger partial charge is 0.126 e. The minimum atomic E-state index is -3.97. The van der Waals surface area contributed by atoms with E-state index < -0.39 is 7.37 Å². The maximum Gasteiger partial charge on any atom is 0.126 e. The maximum atomic E-state index is 13.2. The first-order chi connectivity index (χ1) is 15.0. The fourth-order valence-corrected chi connectivity index (χ4v) is 4.97. The molecular formula is C26H22O4P-. The Bertz CT molecular complexity index is 1140. The van der Waals surface area contributed by atoms with Gasteiger partial charge in [0.25, 0.3) is 0 Å². The van der Waals surface area contributed by atoms with Gasteiger partial charge >= 0.3 is 0 Å². The van der Waals surface area contributed by atoms with Crippen LogP contribution in [0, 0.1) is 0 Å². The predicted molar refractivity (Wildman–Crippen MR) is 124 cm³/mol. The topological polar surface area (TPSA) is 58.6 Å². The number of methoxy groups -OCH3 is 2. The fourth-order valence-electron chi connectivity index (χ4n) is 3.59. The van der Waals surface area contributed by atoms with E-state index in [2.05, 4.69) is 0 Å². The van der Waals surface area contributed by atoms with Gasteiger partial charge in [0.05, 0.1) is 21.6 Å². The van der Waals surface area contributed by atoms with E-state index in [1.165, 1.54) is 0 Å². The second-order valence-corrected chi connectivity index (χ2v) is 9.18. The molecule has 0 aliphatic carbocycles. The van der Waals surface area contributed by atoms with Crippen molar-refractivity contribution in [2.45, 2.75) is 0 Å². The zero-order chi connectivity index (χ0) is 21.8. The van der Waals surface area contributed by atoms with E-state index >= 15 is 0 Å². The Morgan fingerprint density at radius 2 is 0.935 bits per heavy atom. The van der Waals surface area contributed by atoms with E-state index in [0.29, 0.717) is 0 Å². The van der Waals surface area contributed by atoms with Crippen molar-refractivity contribution in [3.63, 3.8) is 0 Å². The van der Waals surface area contributed by atoms with Crippen LogP contribution in [0.25, 0.3) is 22.3 Å². The van der Waals surface area contributed by atoms with Gasteiger partial charge in [0.2, 0.25) is 0 Å². The average Bonchev–Trinajstić information content (AvgIpc) is 2.84. The van der Waals surface area contributed by atoms with E-state index in [0.717, 1.165) is 33.8 Å². The molecule has 0 aliphatic rings. The van der Waals surface area contributed by atoms with Crippen molar-refractivity contribution in [1.82, 2.24) is 0 Å². The summed E-state index contributed by atoms with van der Waals surface area (Å²) >= 11 is 0. The standard InChI is InChI=1S/C26H23O4P/c1-29-25-9-5-3-7-23(25)19-11-15-21(16-12-19)31(27,28)22-17-13-20(14-18-22)24-8-4-6-10-26(24)30-2/h3-18H,1-2H3,(H,27,28)/p-1. The van der Waals surface area contributed by atoms with Crippen LogP contribution in [0.2, 0.25) is 0 Å². The van der Waals surface area contributed by atoms with Crippen molar-refractivity contribution < 1.29 is 18.9 Å². The third-order valence-corrected chi connectivity index (χ3v) is 7.21. The summed E-state index contributed by atoms with van der Waals surface area (Å²) in [5.74, 6) is 1.49. The van der Waals surface area contributed by atoms with Gasteiger partial charge in [-0.25, -0.2) is 0 Å². The molecule has 0 saturated carbocycles. The van der Waals surface area contributed by atoms with Crippen LogP contribution >= 0.6 is 7.37 Å². The van der Waals surface area contributed by atoms with Crippen molar-refractivity contribution >= 4 is 18.0 Å². The number of ether oxygens (including phenoxy) is 2. The maximum absolute atomic E-state index is 13.2. The van der Waals surface area contributed by atoms with Crippen LogP contribution < -0.4 is 25.0 Å². The highest BCUT2D eigenvalue weighted by Crippen LogP contribution is 2.36. The molecule has 5 heteroatoms. The SMILES string of the molecule is COc1ccccc1-c1ccc(P(=O)([O-])c2ccc(-c3ccccc3OC)cc2)cc1. The monoisotopic (exact) mass is 429 g/mol.